The normalized spacial score (nSPS) is 28.3. The van der Waals surface area contributed by atoms with Crippen molar-refractivity contribution < 1.29 is 22.7 Å². The lowest BCUT2D eigenvalue weighted by Crippen LogP contribution is -2.53. The van der Waals surface area contributed by atoms with E-state index in [0.717, 1.165) is 19.3 Å². The van der Waals surface area contributed by atoms with Gasteiger partial charge in [0.2, 0.25) is 5.91 Å². The molecule has 104 valence electrons. The van der Waals surface area contributed by atoms with E-state index in [1.807, 2.05) is 0 Å². The number of morpholine rings is 1. The summed E-state index contributed by atoms with van der Waals surface area (Å²) in [7, 11) is 0. The summed E-state index contributed by atoms with van der Waals surface area (Å²) < 4.78 is 41.4. The number of ether oxygens (including phenoxy) is 1. The maximum Gasteiger partial charge on any atom is 0.401 e. The first-order chi connectivity index (χ1) is 8.47. The number of carbonyl (C=O) groups is 1. The number of nitrogens with one attached hydrogen (secondary N) is 1. The molecule has 1 N–H and O–H groups in total. The first-order valence-electron chi connectivity index (χ1n) is 6.16. The third-order valence-electron chi connectivity index (χ3n) is 3.40. The molecule has 2 atom stereocenters. The van der Waals surface area contributed by atoms with Crippen molar-refractivity contribution in [2.75, 3.05) is 26.2 Å². The van der Waals surface area contributed by atoms with E-state index in [-0.39, 0.29) is 24.6 Å². The smallest absolute Gasteiger partial charge is 0.374 e. The highest BCUT2D eigenvalue weighted by Gasteiger charge is 2.38. The number of hydrogen-bond acceptors (Lipinski definition) is 3. The van der Waals surface area contributed by atoms with E-state index in [2.05, 4.69) is 5.32 Å². The molecule has 4 nitrogen and oxygen atoms in total. The highest BCUT2D eigenvalue weighted by Crippen LogP contribution is 2.29. The number of rotatable bonds is 3. The Morgan fingerprint density at radius 1 is 1.39 bits per heavy atom. The average molecular weight is 266 g/mol. The van der Waals surface area contributed by atoms with Crippen LogP contribution in [-0.2, 0) is 9.53 Å². The second-order valence-corrected chi connectivity index (χ2v) is 4.71. The molecule has 0 spiro atoms. The van der Waals surface area contributed by atoms with E-state index in [4.69, 9.17) is 4.74 Å². The summed E-state index contributed by atoms with van der Waals surface area (Å²) in [5.41, 5.74) is 0. The first-order valence-corrected chi connectivity index (χ1v) is 6.16. The zero-order valence-corrected chi connectivity index (χ0v) is 10.0. The van der Waals surface area contributed by atoms with Gasteiger partial charge in [-0.2, -0.15) is 13.2 Å². The predicted octanol–water partition coefficient (Wildman–Crippen LogP) is 0.918. The van der Waals surface area contributed by atoms with Crippen LogP contribution in [0, 0.1) is 0 Å². The number of amides is 1. The largest absolute Gasteiger partial charge is 0.401 e. The Bertz CT molecular complexity index is 309. The van der Waals surface area contributed by atoms with Gasteiger partial charge in [-0.25, -0.2) is 0 Å². The van der Waals surface area contributed by atoms with Crippen molar-refractivity contribution in [1.29, 1.82) is 0 Å². The van der Waals surface area contributed by atoms with E-state index in [0.29, 0.717) is 13.2 Å². The molecule has 0 aromatic heterocycles. The zero-order valence-electron chi connectivity index (χ0n) is 10.0. The lowest BCUT2D eigenvalue weighted by atomic mass is 10.1. The van der Waals surface area contributed by atoms with Gasteiger partial charge in [-0.1, -0.05) is 0 Å². The summed E-state index contributed by atoms with van der Waals surface area (Å²) in [6.45, 7) is -0.431. The molecule has 0 aromatic carbocycles. The summed E-state index contributed by atoms with van der Waals surface area (Å²) in [5, 5.41) is 2.15. The molecule has 2 aliphatic rings. The summed E-state index contributed by atoms with van der Waals surface area (Å²) in [6, 6.07) is 0.0546. The fourth-order valence-corrected chi connectivity index (χ4v) is 2.65. The number of hydrogen-bond donors (Lipinski definition) is 1. The second-order valence-electron chi connectivity index (χ2n) is 4.71. The zero-order chi connectivity index (χ0) is 13.2. The summed E-state index contributed by atoms with van der Waals surface area (Å²) >= 11 is 0. The molecule has 1 saturated carbocycles. The van der Waals surface area contributed by atoms with Gasteiger partial charge in [0.25, 0.3) is 0 Å². The Morgan fingerprint density at radius 2 is 2.17 bits per heavy atom. The molecule has 1 aliphatic heterocycles. The molecule has 1 amide bonds. The molecule has 0 aromatic rings. The Kier molecular flexibility index (Phi) is 4.11. The van der Waals surface area contributed by atoms with Crippen LogP contribution in [0.5, 0.6) is 0 Å². The third kappa shape index (κ3) is 3.35. The Labute approximate surface area is 103 Å². The van der Waals surface area contributed by atoms with Crippen molar-refractivity contribution in [1.82, 2.24) is 10.2 Å². The minimum atomic E-state index is -4.28. The molecule has 2 fully saturated rings. The molecular weight excluding hydrogens is 249 g/mol. The number of alkyl halides is 3. The summed E-state index contributed by atoms with van der Waals surface area (Å²) in [5.74, 6) is -0.264. The number of fused-ring (bicyclic) bond motifs is 1. The third-order valence-corrected chi connectivity index (χ3v) is 3.40. The Morgan fingerprint density at radius 3 is 2.89 bits per heavy atom. The van der Waals surface area contributed by atoms with Gasteiger partial charge in [0.05, 0.1) is 31.8 Å². The number of halogens is 3. The van der Waals surface area contributed by atoms with Crippen LogP contribution >= 0.6 is 0 Å². The van der Waals surface area contributed by atoms with Crippen molar-refractivity contribution >= 4 is 5.91 Å². The molecule has 2 unspecified atom stereocenters. The molecule has 1 saturated heterocycles. The lowest BCUT2D eigenvalue weighted by molar-refractivity contribution is -0.145. The Balaban J connectivity index is 1.81. The van der Waals surface area contributed by atoms with E-state index < -0.39 is 12.7 Å². The van der Waals surface area contributed by atoms with Gasteiger partial charge < -0.3 is 15.0 Å². The van der Waals surface area contributed by atoms with Crippen LogP contribution in [0.2, 0.25) is 0 Å². The van der Waals surface area contributed by atoms with Crippen LogP contribution in [0.15, 0.2) is 0 Å². The maximum atomic E-state index is 12.0. The topological polar surface area (TPSA) is 41.6 Å². The quantitative estimate of drug-likeness (QED) is 0.826. The highest BCUT2D eigenvalue weighted by atomic mass is 19.4. The van der Waals surface area contributed by atoms with Gasteiger partial charge in [0.1, 0.15) is 0 Å². The molecule has 0 radical (unpaired) electrons. The van der Waals surface area contributed by atoms with E-state index in [9.17, 15) is 18.0 Å². The predicted molar refractivity (Wildman–Crippen MR) is 58.0 cm³/mol. The van der Waals surface area contributed by atoms with Crippen molar-refractivity contribution in [2.24, 2.45) is 0 Å². The number of carbonyl (C=O) groups excluding carboxylic acids is 1. The second kappa shape index (κ2) is 5.44. The van der Waals surface area contributed by atoms with Crippen molar-refractivity contribution in [2.45, 2.75) is 37.6 Å². The molecular formula is C11H17F3N2O2. The van der Waals surface area contributed by atoms with Crippen LogP contribution < -0.4 is 5.32 Å². The molecule has 1 aliphatic carbocycles. The van der Waals surface area contributed by atoms with Gasteiger partial charge in [0, 0.05) is 6.54 Å². The molecule has 1 heterocycles. The maximum absolute atomic E-state index is 12.0. The van der Waals surface area contributed by atoms with E-state index in [1.165, 1.54) is 0 Å². The molecule has 0 bridgehead atoms. The van der Waals surface area contributed by atoms with Crippen LogP contribution in [0.1, 0.15) is 19.3 Å². The van der Waals surface area contributed by atoms with Crippen LogP contribution in [0.25, 0.3) is 0 Å². The summed E-state index contributed by atoms with van der Waals surface area (Å²) in [4.78, 5) is 13.5. The lowest BCUT2D eigenvalue weighted by Gasteiger charge is -2.37. The van der Waals surface area contributed by atoms with Crippen molar-refractivity contribution in [3.63, 3.8) is 0 Å². The van der Waals surface area contributed by atoms with Gasteiger partial charge in [-0.05, 0) is 19.3 Å². The highest BCUT2D eigenvalue weighted by molar-refractivity contribution is 5.78. The molecule has 7 heteroatoms. The van der Waals surface area contributed by atoms with Crippen molar-refractivity contribution in [3.8, 4) is 0 Å². The summed E-state index contributed by atoms with van der Waals surface area (Å²) in [6.07, 6.45) is -1.37. The minimum absolute atomic E-state index is 0.0546. The molecule has 2 rings (SSSR count). The number of nitrogens with zero attached hydrogens (tertiary/aromatic N) is 1. The minimum Gasteiger partial charge on any atom is -0.374 e. The van der Waals surface area contributed by atoms with Crippen LogP contribution in [0.3, 0.4) is 0 Å². The standard InChI is InChI=1S/C11H17F3N2O2/c12-11(13,14)7-15-6-10(17)16-4-5-18-9-3-1-2-8(9)16/h8-9,15H,1-7H2. The van der Waals surface area contributed by atoms with Crippen molar-refractivity contribution in [3.05, 3.63) is 0 Å². The Hall–Kier alpha value is -0.820. The van der Waals surface area contributed by atoms with Crippen LogP contribution in [-0.4, -0.2) is 55.4 Å². The average Bonchev–Trinajstić information content (AvgIpc) is 2.74. The van der Waals surface area contributed by atoms with E-state index >= 15 is 0 Å². The van der Waals surface area contributed by atoms with Gasteiger partial charge in [-0.3, -0.25) is 4.79 Å². The van der Waals surface area contributed by atoms with Crippen LogP contribution in [0.4, 0.5) is 13.2 Å². The van der Waals surface area contributed by atoms with E-state index in [1.54, 1.807) is 4.90 Å². The first kappa shape index (κ1) is 13.6. The van der Waals surface area contributed by atoms with Gasteiger partial charge in [0.15, 0.2) is 0 Å². The molecule has 18 heavy (non-hydrogen) atoms. The van der Waals surface area contributed by atoms with Gasteiger partial charge >= 0.3 is 6.18 Å². The fraction of sp³-hybridized carbons (Fsp3) is 0.909. The monoisotopic (exact) mass is 266 g/mol. The fourth-order valence-electron chi connectivity index (χ4n) is 2.65. The SMILES string of the molecule is O=C(CNCC(F)(F)F)N1CCOC2CCCC21. The van der Waals surface area contributed by atoms with Gasteiger partial charge in [-0.15, -0.1) is 0 Å².